The van der Waals surface area contributed by atoms with Gasteiger partial charge in [-0.1, -0.05) is 6.92 Å². The standard InChI is InChI=1S/C16H25NO3/c1-2-13(14(18)19)9-17-15(20)16-6-10-3-11(7-16)5-12(4-10)8-16/h10-13H,2-9H2,1H3,(H,17,20)(H,18,19). The van der Waals surface area contributed by atoms with E-state index in [0.717, 1.165) is 37.0 Å². The van der Waals surface area contributed by atoms with E-state index in [4.69, 9.17) is 5.11 Å². The number of hydrogen-bond acceptors (Lipinski definition) is 2. The van der Waals surface area contributed by atoms with Gasteiger partial charge in [0, 0.05) is 12.0 Å². The lowest BCUT2D eigenvalue weighted by Gasteiger charge is -2.55. The van der Waals surface area contributed by atoms with E-state index in [1.807, 2.05) is 6.92 Å². The minimum atomic E-state index is -0.807. The topological polar surface area (TPSA) is 66.4 Å². The first-order chi connectivity index (χ1) is 9.52. The van der Waals surface area contributed by atoms with E-state index in [1.54, 1.807) is 0 Å². The van der Waals surface area contributed by atoms with Crippen LogP contribution in [-0.4, -0.2) is 23.5 Å². The van der Waals surface area contributed by atoms with Crippen molar-refractivity contribution in [2.75, 3.05) is 6.54 Å². The summed E-state index contributed by atoms with van der Waals surface area (Å²) in [7, 11) is 0. The zero-order chi connectivity index (χ0) is 14.3. The Morgan fingerprint density at radius 3 is 2.05 bits per heavy atom. The van der Waals surface area contributed by atoms with E-state index in [1.165, 1.54) is 19.3 Å². The largest absolute Gasteiger partial charge is 0.481 e. The Balaban J connectivity index is 1.64. The Bertz CT molecular complexity index is 383. The molecule has 4 nitrogen and oxygen atoms in total. The predicted molar refractivity (Wildman–Crippen MR) is 75.0 cm³/mol. The van der Waals surface area contributed by atoms with E-state index >= 15 is 0 Å². The molecule has 4 aliphatic rings. The van der Waals surface area contributed by atoms with Gasteiger partial charge in [0.25, 0.3) is 0 Å². The van der Waals surface area contributed by atoms with Crippen molar-refractivity contribution in [2.24, 2.45) is 29.1 Å². The monoisotopic (exact) mass is 279 g/mol. The van der Waals surface area contributed by atoms with E-state index in [0.29, 0.717) is 6.42 Å². The summed E-state index contributed by atoms with van der Waals surface area (Å²) in [6.07, 6.45) is 7.63. The molecule has 0 radical (unpaired) electrons. The van der Waals surface area contributed by atoms with Gasteiger partial charge in [-0.25, -0.2) is 0 Å². The Morgan fingerprint density at radius 2 is 1.65 bits per heavy atom. The molecule has 112 valence electrons. The van der Waals surface area contributed by atoms with E-state index < -0.39 is 11.9 Å². The molecule has 4 saturated carbocycles. The van der Waals surface area contributed by atoms with Crippen LogP contribution in [0.4, 0.5) is 0 Å². The van der Waals surface area contributed by atoms with Gasteiger partial charge in [-0.3, -0.25) is 9.59 Å². The summed E-state index contributed by atoms with van der Waals surface area (Å²) in [5.74, 6) is 1.11. The van der Waals surface area contributed by atoms with Crippen molar-refractivity contribution >= 4 is 11.9 Å². The van der Waals surface area contributed by atoms with Crippen molar-refractivity contribution in [1.29, 1.82) is 0 Å². The molecule has 0 spiro atoms. The van der Waals surface area contributed by atoms with Gasteiger partial charge in [-0.05, 0) is 62.7 Å². The molecule has 2 N–H and O–H groups in total. The number of hydrogen-bond donors (Lipinski definition) is 2. The second kappa shape index (κ2) is 5.05. The molecule has 0 saturated heterocycles. The van der Waals surface area contributed by atoms with Crippen LogP contribution in [0.2, 0.25) is 0 Å². The van der Waals surface area contributed by atoms with Crippen molar-refractivity contribution in [3.8, 4) is 0 Å². The van der Waals surface area contributed by atoms with Crippen molar-refractivity contribution in [2.45, 2.75) is 51.9 Å². The fourth-order valence-electron chi connectivity index (χ4n) is 5.20. The first-order valence-corrected chi connectivity index (χ1v) is 8.03. The first kappa shape index (κ1) is 13.9. The molecule has 1 atom stereocenters. The molecule has 4 aliphatic carbocycles. The number of rotatable bonds is 5. The van der Waals surface area contributed by atoms with Crippen molar-refractivity contribution < 1.29 is 14.7 Å². The Kier molecular flexibility index (Phi) is 3.51. The zero-order valence-electron chi connectivity index (χ0n) is 12.2. The van der Waals surface area contributed by atoms with Crippen molar-refractivity contribution in [1.82, 2.24) is 5.32 Å². The number of carboxylic acids is 1. The van der Waals surface area contributed by atoms with Gasteiger partial charge >= 0.3 is 5.97 Å². The van der Waals surface area contributed by atoms with Gasteiger partial charge < -0.3 is 10.4 Å². The minimum absolute atomic E-state index is 0.135. The van der Waals surface area contributed by atoms with E-state index in [9.17, 15) is 9.59 Å². The Labute approximate surface area is 120 Å². The van der Waals surface area contributed by atoms with Gasteiger partial charge in [0.2, 0.25) is 5.91 Å². The highest BCUT2D eigenvalue weighted by Gasteiger charge is 2.54. The summed E-state index contributed by atoms with van der Waals surface area (Å²) in [4.78, 5) is 23.7. The smallest absolute Gasteiger partial charge is 0.308 e. The summed E-state index contributed by atoms with van der Waals surface area (Å²) in [6.45, 7) is 2.14. The lowest BCUT2D eigenvalue weighted by Crippen LogP contribution is -2.54. The molecule has 4 heteroatoms. The fourth-order valence-corrected chi connectivity index (χ4v) is 5.20. The highest BCUT2D eigenvalue weighted by Crippen LogP contribution is 2.60. The SMILES string of the molecule is CCC(CNC(=O)C12CC3CC(CC(C3)C1)C2)C(=O)O. The molecule has 1 amide bonds. The van der Waals surface area contributed by atoms with E-state index in [2.05, 4.69) is 5.32 Å². The second-order valence-corrected chi connectivity index (χ2v) is 7.35. The molecule has 0 aromatic carbocycles. The van der Waals surface area contributed by atoms with Crippen molar-refractivity contribution in [3.63, 3.8) is 0 Å². The van der Waals surface area contributed by atoms with Gasteiger partial charge in [0.05, 0.1) is 5.92 Å². The van der Waals surface area contributed by atoms with Crippen molar-refractivity contribution in [3.05, 3.63) is 0 Å². The first-order valence-electron chi connectivity index (χ1n) is 8.03. The maximum Gasteiger partial charge on any atom is 0.308 e. The third-order valence-electron chi connectivity index (χ3n) is 5.87. The van der Waals surface area contributed by atoms with E-state index in [-0.39, 0.29) is 17.9 Å². The molecular formula is C16H25NO3. The van der Waals surface area contributed by atoms with Crippen LogP contribution >= 0.6 is 0 Å². The number of aliphatic carboxylic acids is 1. The number of nitrogens with one attached hydrogen (secondary N) is 1. The highest BCUT2D eigenvalue weighted by molar-refractivity contribution is 5.83. The molecule has 0 heterocycles. The molecule has 0 aliphatic heterocycles. The van der Waals surface area contributed by atoms with Crippen LogP contribution in [0.3, 0.4) is 0 Å². The third kappa shape index (κ3) is 2.33. The zero-order valence-corrected chi connectivity index (χ0v) is 12.2. The summed E-state index contributed by atoms with van der Waals surface area (Å²) >= 11 is 0. The predicted octanol–water partition coefficient (Wildman–Crippen LogP) is 2.43. The summed E-state index contributed by atoms with van der Waals surface area (Å²) in [5, 5.41) is 12.0. The normalized spacial score (nSPS) is 39.5. The molecular weight excluding hydrogens is 254 g/mol. The quantitative estimate of drug-likeness (QED) is 0.812. The highest BCUT2D eigenvalue weighted by atomic mass is 16.4. The van der Waals surface area contributed by atoms with Crippen LogP contribution in [0.5, 0.6) is 0 Å². The average molecular weight is 279 g/mol. The van der Waals surface area contributed by atoms with Crippen LogP contribution < -0.4 is 5.32 Å². The van der Waals surface area contributed by atoms with Crippen LogP contribution in [0.1, 0.15) is 51.9 Å². The number of carbonyl (C=O) groups is 2. The molecule has 4 bridgehead atoms. The van der Waals surface area contributed by atoms with Crippen LogP contribution in [0.25, 0.3) is 0 Å². The number of carboxylic acid groups (broad SMARTS) is 1. The van der Waals surface area contributed by atoms with Crippen LogP contribution in [-0.2, 0) is 9.59 Å². The lowest BCUT2D eigenvalue weighted by molar-refractivity contribution is -0.147. The third-order valence-corrected chi connectivity index (χ3v) is 5.87. The minimum Gasteiger partial charge on any atom is -0.481 e. The second-order valence-electron chi connectivity index (χ2n) is 7.35. The van der Waals surface area contributed by atoms with Gasteiger partial charge in [0.15, 0.2) is 0 Å². The fraction of sp³-hybridized carbons (Fsp3) is 0.875. The Morgan fingerprint density at radius 1 is 1.15 bits per heavy atom. The number of amides is 1. The van der Waals surface area contributed by atoms with Crippen LogP contribution in [0.15, 0.2) is 0 Å². The van der Waals surface area contributed by atoms with Gasteiger partial charge in [-0.2, -0.15) is 0 Å². The van der Waals surface area contributed by atoms with Gasteiger partial charge in [0.1, 0.15) is 0 Å². The molecule has 20 heavy (non-hydrogen) atoms. The molecule has 4 fully saturated rings. The lowest BCUT2D eigenvalue weighted by atomic mass is 9.49. The molecule has 0 aromatic rings. The Hall–Kier alpha value is -1.06. The molecule has 1 unspecified atom stereocenters. The molecule has 0 aromatic heterocycles. The van der Waals surface area contributed by atoms with Gasteiger partial charge in [-0.15, -0.1) is 0 Å². The van der Waals surface area contributed by atoms with Crippen LogP contribution in [0, 0.1) is 29.1 Å². The molecule has 4 rings (SSSR count). The maximum absolute atomic E-state index is 12.6. The summed E-state index contributed by atoms with van der Waals surface area (Å²) < 4.78 is 0. The number of carbonyl (C=O) groups excluding carboxylic acids is 1. The maximum atomic E-state index is 12.6. The average Bonchev–Trinajstić information content (AvgIpc) is 2.37. The summed E-state index contributed by atoms with van der Waals surface area (Å²) in [6, 6.07) is 0. The summed E-state index contributed by atoms with van der Waals surface area (Å²) in [5.41, 5.74) is -0.161.